The van der Waals surface area contributed by atoms with Crippen LogP contribution in [0.4, 0.5) is 5.69 Å². The first-order valence-electron chi connectivity index (χ1n) is 9.99. The van der Waals surface area contributed by atoms with Crippen LogP contribution in [0.3, 0.4) is 0 Å². The fraction of sp³-hybridized carbons (Fsp3) is 0.364. The van der Waals surface area contributed by atoms with E-state index < -0.39 is 4.92 Å². The Morgan fingerprint density at radius 1 is 0.900 bits per heavy atom. The van der Waals surface area contributed by atoms with Gasteiger partial charge in [-0.1, -0.05) is 30.3 Å². The maximum Gasteiger partial charge on any atom is 0.269 e. The molecule has 0 bridgehead atoms. The third kappa shape index (κ3) is 6.32. The molecule has 0 radical (unpaired) electrons. The first-order chi connectivity index (χ1) is 14.5. The number of nitro groups is 1. The Morgan fingerprint density at radius 2 is 1.50 bits per heavy atom. The first-order valence-corrected chi connectivity index (χ1v) is 11.0. The van der Waals surface area contributed by atoms with E-state index in [0.29, 0.717) is 32.6 Å². The third-order valence-electron chi connectivity index (χ3n) is 5.09. The van der Waals surface area contributed by atoms with Crippen molar-refractivity contribution in [2.75, 3.05) is 31.9 Å². The monoisotopic (exact) mass is 427 g/mol. The summed E-state index contributed by atoms with van der Waals surface area (Å²) in [5.74, 6) is 0.454. The standard InChI is InChI=1S/C22H25N3O4S/c26-21(8-4-7-18-5-2-1-3-6-18)23-13-15-24(16-14-23)22(27)17-30-20-11-9-19(10-12-20)25(28)29/h1-3,5-6,9-12H,4,7-8,13-17H2. The lowest BCUT2D eigenvalue weighted by Gasteiger charge is -2.34. The van der Waals surface area contributed by atoms with Gasteiger partial charge in [0, 0.05) is 49.6 Å². The van der Waals surface area contributed by atoms with Crippen LogP contribution in [-0.2, 0) is 16.0 Å². The van der Waals surface area contributed by atoms with Crippen molar-refractivity contribution < 1.29 is 14.5 Å². The summed E-state index contributed by atoms with van der Waals surface area (Å²) in [6, 6.07) is 16.3. The molecule has 0 aromatic heterocycles. The quantitative estimate of drug-likeness (QED) is 0.366. The molecule has 2 amide bonds. The van der Waals surface area contributed by atoms with Crippen molar-refractivity contribution in [1.29, 1.82) is 0 Å². The summed E-state index contributed by atoms with van der Waals surface area (Å²) in [5, 5.41) is 10.7. The van der Waals surface area contributed by atoms with Crippen molar-refractivity contribution >= 4 is 29.3 Å². The Balaban J connectivity index is 1.36. The minimum absolute atomic E-state index is 0.0227. The average Bonchev–Trinajstić information content (AvgIpc) is 2.78. The SMILES string of the molecule is O=C(CCCc1ccccc1)N1CCN(C(=O)CSc2ccc([N+](=O)[O-])cc2)CC1. The van der Waals surface area contributed by atoms with Gasteiger partial charge in [0.1, 0.15) is 0 Å². The number of aryl methyl sites for hydroxylation is 1. The van der Waals surface area contributed by atoms with Gasteiger partial charge in [-0.3, -0.25) is 19.7 Å². The van der Waals surface area contributed by atoms with Gasteiger partial charge in [-0.15, -0.1) is 11.8 Å². The number of rotatable bonds is 8. The molecule has 0 atom stereocenters. The maximum atomic E-state index is 12.4. The minimum Gasteiger partial charge on any atom is -0.339 e. The molecule has 1 saturated heterocycles. The number of nitrogens with zero attached hydrogens (tertiary/aromatic N) is 3. The number of carbonyl (C=O) groups is 2. The van der Waals surface area contributed by atoms with Gasteiger partial charge in [0.25, 0.3) is 5.69 Å². The highest BCUT2D eigenvalue weighted by atomic mass is 32.2. The Kier molecular flexibility index (Phi) is 7.84. The van der Waals surface area contributed by atoms with Crippen molar-refractivity contribution in [2.45, 2.75) is 24.2 Å². The highest BCUT2D eigenvalue weighted by molar-refractivity contribution is 8.00. The lowest BCUT2D eigenvalue weighted by Crippen LogP contribution is -2.51. The molecule has 0 spiro atoms. The summed E-state index contributed by atoms with van der Waals surface area (Å²) < 4.78 is 0. The molecule has 0 N–H and O–H groups in total. The van der Waals surface area contributed by atoms with Crippen LogP contribution in [0.5, 0.6) is 0 Å². The molecule has 7 nitrogen and oxygen atoms in total. The molecular formula is C22H25N3O4S. The number of amides is 2. The molecule has 1 fully saturated rings. The second kappa shape index (κ2) is 10.8. The highest BCUT2D eigenvalue weighted by Crippen LogP contribution is 2.22. The third-order valence-corrected chi connectivity index (χ3v) is 6.09. The van der Waals surface area contributed by atoms with E-state index >= 15 is 0 Å². The average molecular weight is 428 g/mol. The van der Waals surface area contributed by atoms with E-state index in [0.717, 1.165) is 17.7 Å². The Labute approximate surface area is 180 Å². The molecular weight excluding hydrogens is 402 g/mol. The lowest BCUT2D eigenvalue weighted by molar-refractivity contribution is -0.384. The summed E-state index contributed by atoms with van der Waals surface area (Å²) in [7, 11) is 0. The van der Waals surface area contributed by atoms with Crippen molar-refractivity contribution in [3.05, 3.63) is 70.3 Å². The molecule has 2 aromatic rings. The number of piperazine rings is 1. The van der Waals surface area contributed by atoms with Crippen LogP contribution in [0.25, 0.3) is 0 Å². The molecule has 1 aliphatic heterocycles. The second-order valence-electron chi connectivity index (χ2n) is 7.14. The molecule has 8 heteroatoms. The largest absolute Gasteiger partial charge is 0.339 e. The van der Waals surface area contributed by atoms with Crippen molar-refractivity contribution in [2.24, 2.45) is 0 Å². The van der Waals surface area contributed by atoms with Crippen molar-refractivity contribution in [3.8, 4) is 0 Å². The Morgan fingerprint density at radius 3 is 2.10 bits per heavy atom. The van der Waals surface area contributed by atoms with E-state index in [2.05, 4.69) is 12.1 Å². The van der Waals surface area contributed by atoms with Gasteiger partial charge in [0.15, 0.2) is 0 Å². The number of nitro benzene ring substituents is 1. The van der Waals surface area contributed by atoms with Gasteiger partial charge in [-0.2, -0.15) is 0 Å². The van der Waals surface area contributed by atoms with Crippen molar-refractivity contribution in [1.82, 2.24) is 9.80 Å². The van der Waals surface area contributed by atoms with E-state index in [1.807, 2.05) is 23.1 Å². The predicted molar refractivity (Wildman–Crippen MR) is 116 cm³/mol. The van der Waals surface area contributed by atoms with Crippen LogP contribution in [0.2, 0.25) is 0 Å². The fourth-order valence-electron chi connectivity index (χ4n) is 3.35. The molecule has 0 aliphatic carbocycles. The van der Waals surface area contributed by atoms with Gasteiger partial charge in [-0.05, 0) is 30.5 Å². The first kappa shape index (κ1) is 21.8. The zero-order chi connectivity index (χ0) is 21.3. The Hall–Kier alpha value is -2.87. The van der Waals surface area contributed by atoms with E-state index in [1.165, 1.54) is 29.5 Å². The number of non-ortho nitro benzene ring substituents is 1. The van der Waals surface area contributed by atoms with E-state index in [-0.39, 0.29) is 23.3 Å². The minimum atomic E-state index is -0.442. The molecule has 30 heavy (non-hydrogen) atoms. The lowest BCUT2D eigenvalue weighted by atomic mass is 10.1. The number of carbonyl (C=O) groups excluding carboxylic acids is 2. The summed E-state index contributed by atoms with van der Waals surface area (Å²) in [6.07, 6.45) is 2.25. The van der Waals surface area contributed by atoms with Gasteiger partial charge < -0.3 is 9.80 Å². The van der Waals surface area contributed by atoms with Crippen LogP contribution >= 0.6 is 11.8 Å². The van der Waals surface area contributed by atoms with Crippen molar-refractivity contribution in [3.63, 3.8) is 0 Å². The van der Waals surface area contributed by atoms with Crippen LogP contribution in [0.15, 0.2) is 59.5 Å². The number of benzene rings is 2. The predicted octanol–water partition coefficient (Wildman–Crippen LogP) is 3.38. The molecule has 0 saturated carbocycles. The van der Waals surface area contributed by atoms with Gasteiger partial charge >= 0.3 is 0 Å². The molecule has 1 aliphatic rings. The fourth-order valence-corrected chi connectivity index (χ4v) is 4.15. The summed E-state index contributed by atoms with van der Waals surface area (Å²) in [5.41, 5.74) is 1.28. The van der Waals surface area contributed by atoms with E-state index in [9.17, 15) is 19.7 Å². The van der Waals surface area contributed by atoms with Gasteiger partial charge in [0.05, 0.1) is 10.7 Å². The van der Waals surface area contributed by atoms with Gasteiger partial charge in [0.2, 0.25) is 11.8 Å². The molecule has 1 heterocycles. The number of thioether (sulfide) groups is 1. The molecule has 158 valence electrons. The van der Waals surface area contributed by atoms with Crippen LogP contribution in [0, 0.1) is 10.1 Å². The maximum absolute atomic E-state index is 12.4. The van der Waals surface area contributed by atoms with E-state index in [4.69, 9.17) is 0 Å². The Bertz CT molecular complexity index is 866. The summed E-state index contributed by atoms with van der Waals surface area (Å²) in [6.45, 7) is 2.23. The van der Waals surface area contributed by atoms with Crippen LogP contribution in [-0.4, -0.2) is 58.5 Å². The highest BCUT2D eigenvalue weighted by Gasteiger charge is 2.23. The zero-order valence-corrected chi connectivity index (χ0v) is 17.6. The van der Waals surface area contributed by atoms with Crippen LogP contribution < -0.4 is 0 Å². The smallest absolute Gasteiger partial charge is 0.269 e. The molecule has 2 aromatic carbocycles. The number of hydrogen-bond acceptors (Lipinski definition) is 5. The van der Waals surface area contributed by atoms with E-state index in [1.54, 1.807) is 17.0 Å². The normalized spacial score (nSPS) is 13.9. The van der Waals surface area contributed by atoms with Crippen LogP contribution in [0.1, 0.15) is 18.4 Å². The van der Waals surface area contributed by atoms with Gasteiger partial charge in [-0.25, -0.2) is 0 Å². The summed E-state index contributed by atoms with van der Waals surface area (Å²) in [4.78, 5) is 39.6. The molecule has 0 unspecified atom stereocenters. The zero-order valence-electron chi connectivity index (χ0n) is 16.7. The summed E-state index contributed by atoms with van der Waals surface area (Å²) >= 11 is 1.36. The molecule has 3 rings (SSSR count). The number of hydrogen-bond donors (Lipinski definition) is 0. The topological polar surface area (TPSA) is 83.8 Å². The second-order valence-corrected chi connectivity index (χ2v) is 8.19.